The van der Waals surface area contributed by atoms with E-state index in [2.05, 4.69) is 29.6 Å². The Morgan fingerprint density at radius 2 is 1.56 bits per heavy atom. The molecule has 1 aliphatic carbocycles. The number of likely N-dealkylation sites (N-methyl/N-ethyl adjacent to an activating group) is 1. The summed E-state index contributed by atoms with van der Waals surface area (Å²) in [6.07, 6.45) is -0.290. The molecule has 0 radical (unpaired) electrons. The van der Waals surface area contributed by atoms with Gasteiger partial charge in [0.1, 0.15) is 12.6 Å². The Labute approximate surface area is 201 Å². The first kappa shape index (κ1) is 25.3. The Morgan fingerprint density at radius 1 is 1.03 bits per heavy atom. The van der Waals surface area contributed by atoms with Crippen LogP contribution < -0.4 is 5.32 Å². The lowest BCUT2D eigenvalue weighted by Crippen LogP contribution is -2.46. The summed E-state index contributed by atoms with van der Waals surface area (Å²) < 4.78 is 5.53. The number of fused-ring (bicyclic) bond motifs is 3. The van der Waals surface area contributed by atoms with Gasteiger partial charge in [-0.15, -0.1) is 0 Å². The van der Waals surface area contributed by atoms with Gasteiger partial charge in [0.15, 0.2) is 0 Å². The van der Waals surface area contributed by atoms with Crippen LogP contribution in [0, 0.1) is 5.41 Å². The van der Waals surface area contributed by atoms with Gasteiger partial charge in [0.2, 0.25) is 5.91 Å². The third-order valence-electron chi connectivity index (χ3n) is 6.14. The molecule has 0 heterocycles. The Morgan fingerprint density at radius 3 is 2.06 bits per heavy atom. The first-order valence-corrected chi connectivity index (χ1v) is 11.6. The van der Waals surface area contributed by atoms with Crippen LogP contribution in [0.1, 0.15) is 57.6 Å². The van der Waals surface area contributed by atoms with E-state index in [4.69, 9.17) is 4.74 Å². The van der Waals surface area contributed by atoms with Gasteiger partial charge in [-0.1, -0.05) is 69.3 Å². The van der Waals surface area contributed by atoms with Crippen molar-refractivity contribution in [3.63, 3.8) is 0 Å². The third-order valence-corrected chi connectivity index (χ3v) is 6.14. The van der Waals surface area contributed by atoms with E-state index in [9.17, 15) is 19.5 Å². The number of alkyl carbamates (subject to hydrolysis) is 1. The molecule has 0 spiro atoms. The standard InChI is InChI=1S/C27H34N2O5/c1-17(14-24(30)29(5)23(25(31)32)15-27(2,3)4)28-26(33)34-16-22-20-12-8-6-10-18(20)19-11-7-9-13-21(19)22/h6-13,17,22-23H,14-16H2,1-5H3,(H,28,33)(H,31,32). The molecule has 2 aromatic rings. The molecule has 2 aromatic carbocycles. The minimum Gasteiger partial charge on any atom is -0.480 e. The lowest BCUT2D eigenvalue weighted by atomic mass is 9.87. The Bertz CT molecular complexity index is 1010. The van der Waals surface area contributed by atoms with Gasteiger partial charge in [-0.05, 0) is 41.0 Å². The van der Waals surface area contributed by atoms with Gasteiger partial charge in [0, 0.05) is 25.4 Å². The van der Waals surface area contributed by atoms with Crippen molar-refractivity contribution >= 4 is 18.0 Å². The SMILES string of the molecule is CC(CC(=O)N(C)C(CC(C)(C)C)C(=O)O)NC(=O)OCC1c2ccccc2-c2ccccc21. The van der Waals surface area contributed by atoms with Crippen molar-refractivity contribution in [2.75, 3.05) is 13.7 Å². The number of hydrogen-bond donors (Lipinski definition) is 2. The minimum absolute atomic E-state index is 0.0192. The highest BCUT2D eigenvalue weighted by atomic mass is 16.5. The summed E-state index contributed by atoms with van der Waals surface area (Å²) >= 11 is 0. The molecule has 0 saturated carbocycles. The summed E-state index contributed by atoms with van der Waals surface area (Å²) in [6.45, 7) is 7.69. The summed E-state index contributed by atoms with van der Waals surface area (Å²) in [6, 6.07) is 14.8. The summed E-state index contributed by atoms with van der Waals surface area (Å²) in [7, 11) is 1.49. The highest BCUT2D eigenvalue weighted by Gasteiger charge is 2.32. The molecule has 182 valence electrons. The fourth-order valence-corrected chi connectivity index (χ4v) is 4.44. The van der Waals surface area contributed by atoms with E-state index in [1.165, 1.54) is 11.9 Å². The van der Waals surface area contributed by atoms with Gasteiger partial charge in [-0.2, -0.15) is 0 Å². The molecule has 7 nitrogen and oxygen atoms in total. The molecule has 34 heavy (non-hydrogen) atoms. The maximum atomic E-state index is 12.7. The highest BCUT2D eigenvalue weighted by Crippen LogP contribution is 2.44. The number of nitrogens with one attached hydrogen (secondary N) is 1. The molecule has 7 heteroatoms. The molecular formula is C27H34N2O5. The Hall–Kier alpha value is -3.35. The van der Waals surface area contributed by atoms with Crippen molar-refractivity contribution in [3.05, 3.63) is 59.7 Å². The lowest BCUT2D eigenvalue weighted by molar-refractivity contribution is -0.150. The van der Waals surface area contributed by atoms with Crippen molar-refractivity contribution in [2.24, 2.45) is 5.41 Å². The number of carbonyl (C=O) groups is 3. The molecule has 0 saturated heterocycles. The zero-order valence-electron chi connectivity index (χ0n) is 20.5. The summed E-state index contributed by atoms with van der Waals surface area (Å²) in [5, 5.41) is 12.3. The monoisotopic (exact) mass is 466 g/mol. The number of amides is 2. The van der Waals surface area contributed by atoms with E-state index in [-0.39, 0.29) is 30.3 Å². The zero-order chi connectivity index (χ0) is 25.0. The summed E-state index contributed by atoms with van der Waals surface area (Å²) in [4.78, 5) is 38.1. The number of hydrogen-bond acceptors (Lipinski definition) is 4. The molecule has 2 atom stereocenters. The Kier molecular flexibility index (Phi) is 7.64. The van der Waals surface area contributed by atoms with E-state index in [0.717, 1.165) is 22.3 Å². The van der Waals surface area contributed by atoms with Crippen LogP contribution in [0.3, 0.4) is 0 Å². The quantitative estimate of drug-likeness (QED) is 0.590. The van der Waals surface area contributed by atoms with Crippen LogP contribution in [0.5, 0.6) is 0 Å². The largest absolute Gasteiger partial charge is 0.480 e. The maximum absolute atomic E-state index is 12.7. The first-order valence-electron chi connectivity index (χ1n) is 11.6. The van der Waals surface area contributed by atoms with E-state index in [0.29, 0.717) is 6.42 Å². The van der Waals surface area contributed by atoms with Crippen LogP contribution in [0.4, 0.5) is 4.79 Å². The van der Waals surface area contributed by atoms with Crippen molar-refractivity contribution in [1.82, 2.24) is 10.2 Å². The van der Waals surface area contributed by atoms with Gasteiger partial charge >= 0.3 is 12.1 Å². The van der Waals surface area contributed by atoms with E-state index in [1.54, 1.807) is 6.92 Å². The summed E-state index contributed by atoms with van der Waals surface area (Å²) in [5.74, 6) is -1.43. The predicted octanol–water partition coefficient (Wildman–Crippen LogP) is 4.65. The average molecular weight is 467 g/mol. The van der Waals surface area contributed by atoms with Gasteiger partial charge in [0.25, 0.3) is 0 Å². The highest BCUT2D eigenvalue weighted by molar-refractivity contribution is 5.84. The lowest BCUT2D eigenvalue weighted by Gasteiger charge is -2.31. The number of benzene rings is 2. The second-order valence-electron chi connectivity index (χ2n) is 10.2. The molecule has 1 aliphatic rings. The molecule has 0 aliphatic heterocycles. The number of aliphatic carboxylic acids is 1. The van der Waals surface area contributed by atoms with Crippen molar-refractivity contribution in [1.29, 1.82) is 0 Å². The molecule has 0 fully saturated rings. The summed E-state index contributed by atoms with van der Waals surface area (Å²) in [5.41, 5.74) is 4.30. The fraction of sp³-hybridized carbons (Fsp3) is 0.444. The number of rotatable bonds is 8. The van der Waals surface area contributed by atoms with Gasteiger partial charge in [-0.25, -0.2) is 9.59 Å². The number of nitrogens with zero attached hydrogens (tertiary/aromatic N) is 1. The van der Waals surface area contributed by atoms with Gasteiger partial charge < -0.3 is 20.1 Å². The first-order chi connectivity index (χ1) is 16.0. The van der Waals surface area contributed by atoms with Gasteiger partial charge in [-0.3, -0.25) is 4.79 Å². The normalized spacial score (nSPS) is 14.5. The van der Waals surface area contributed by atoms with Crippen molar-refractivity contribution in [2.45, 2.75) is 58.5 Å². The Balaban J connectivity index is 1.55. The predicted molar refractivity (Wildman–Crippen MR) is 131 cm³/mol. The van der Waals surface area contributed by atoms with Crippen molar-refractivity contribution < 1.29 is 24.2 Å². The molecule has 2 amide bonds. The molecule has 0 aromatic heterocycles. The van der Waals surface area contributed by atoms with E-state index < -0.39 is 24.1 Å². The molecule has 0 bridgehead atoms. The molecule has 3 rings (SSSR count). The van der Waals surface area contributed by atoms with Crippen LogP contribution in [0.2, 0.25) is 0 Å². The number of carboxylic acids is 1. The van der Waals surface area contributed by atoms with E-state index >= 15 is 0 Å². The van der Waals surface area contributed by atoms with Crippen LogP contribution in [-0.2, 0) is 14.3 Å². The minimum atomic E-state index is -1.04. The topological polar surface area (TPSA) is 95.9 Å². The van der Waals surface area contributed by atoms with Crippen molar-refractivity contribution in [3.8, 4) is 11.1 Å². The van der Waals surface area contributed by atoms with Gasteiger partial charge in [0.05, 0.1) is 0 Å². The number of ether oxygens (including phenoxy) is 1. The molecular weight excluding hydrogens is 432 g/mol. The number of carbonyl (C=O) groups excluding carboxylic acids is 2. The fourth-order valence-electron chi connectivity index (χ4n) is 4.44. The van der Waals surface area contributed by atoms with Crippen LogP contribution in [-0.4, -0.2) is 53.7 Å². The molecule has 2 N–H and O–H groups in total. The second-order valence-corrected chi connectivity index (χ2v) is 10.2. The average Bonchev–Trinajstić information content (AvgIpc) is 3.08. The van der Waals surface area contributed by atoms with Crippen LogP contribution in [0.15, 0.2) is 48.5 Å². The van der Waals surface area contributed by atoms with E-state index in [1.807, 2.05) is 45.0 Å². The maximum Gasteiger partial charge on any atom is 0.407 e. The number of carboxylic acid groups (broad SMARTS) is 1. The smallest absolute Gasteiger partial charge is 0.407 e. The van der Waals surface area contributed by atoms with Crippen LogP contribution in [0.25, 0.3) is 11.1 Å². The molecule has 2 unspecified atom stereocenters. The third kappa shape index (κ3) is 5.95. The second kappa shape index (κ2) is 10.3. The van der Waals surface area contributed by atoms with Crippen LogP contribution >= 0.6 is 0 Å². The zero-order valence-corrected chi connectivity index (χ0v) is 20.5.